The fourth-order valence-electron chi connectivity index (χ4n) is 3.31. The Morgan fingerprint density at radius 2 is 1.88 bits per heavy atom. The summed E-state index contributed by atoms with van der Waals surface area (Å²) in [5.41, 5.74) is 2.46. The Bertz CT molecular complexity index is 1320. The number of carbonyl (C=O) groups excluding carboxylic acids is 1. The smallest absolute Gasteiger partial charge is 0.229 e. The minimum Gasteiger partial charge on any atom is -0.350 e. The van der Waals surface area contributed by atoms with Crippen molar-refractivity contribution in [3.63, 3.8) is 0 Å². The molecular weight excluding hydrogens is 479 g/mol. The van der Waals surface area contributed by atoms with Crippen LogP contribution in [0, 0.1) is 5.82 Å². The van der Waals surface area contributed by atoms with E-state index in [1.165, 1.54) is 12.1 Å². The highest BCUT2D eigenvalue weighted by Crippen LogP contribution is 2.26. The predicted octanol–water partition coefficient (Wildman–Crippen LogP) is 4.75. The van der Waals surface area contributed by atoms with Crippen molar-refractivity contribution in [2.24, 2.45) is 0 Å². The molecule has 0 spiro atoms. The van der Waals surface area contributed by atoms with Gasteiger partial charge < -0.3 is 5.32 Å². The molecule has 0 aliphatic heterocycles. The molecule has 2 aromatic carbocycles. The van der Waals surface area contributed by atoms with Crippen LogP contribution in [0.25, 0.3) is 5.69 Å². The fourth-order valence-corrected chi connectivity index (χ4v) is 4.06. The zero-order valence-corrected chi connectivity index (χ0v) is 21.3. The predicted molar refractivity (Wildman–Crippen MR) is 132 cm³/mol. The van der Waals surface area contributed by atoms with E-state index in [-0.39, 0.29) is 23.6 Å². The summed E-state index contributed by atoms with van der Waals surface area (Å²) in [7, 11) is -3.61. The number of sulfonamides is 1. The van der Waals surface area contributed by atoms with Gasteiger partial charge in [0.2, 0.25) is 15.9 Å². The van der Waals surface area contributed by atoms with E-state index >= 15 is 0 Å². The zero-order chi connectivity index (χ0) is 25.3. The molecule has 3 aromatic rings. The normalized spacial score (nSPS) is 12.9. The quantitative estimate of drug-likeness (QED) is 0.483. The summed E-state index contributed by atoms with van der Waals surface area (Å²) >= 11 is 6.16. The van der Waals surface area contributed by atoms with Crippen molar-refractivity contribution in [1.29, 1.82) is 0 Å². The van der Waals surface area contributed by atoms with E-state index in [0.29, 0.717) is 10.6 Å². The third-order valence-corrected chi connectivity index (χ3v) is 6.06. The average molecular weight is 507 g/mol. The molecule has 0 radical (unpaired) electrons. The van der Waals surface area contributed by atoms with E-state index in [1.807, 2.05) is 18.2 Å². The van der Waals surface area contributed by atoms with Crippen molar-refractivity contribution >= 4 is 33.2 Å². The van der Waals surface area contributed by atoms with E-state index < -0.39 is 21.8 Å². The zero-order valence-electron chi connectivity index (χ0n) is 19.7. The molecule has 0 fully saturated rings. The number of rotatable bonds is 7. The van der Waals surface area contributed by atoms with Crippen LogP contribution in [0.2, 0.25) is 5.02 Å². The minimum atomic E-state index is -3.61. The topological polar surface area (TPSA) is 93.1 Å². The van der Waals surface area contributed by atoms with E-state index in [0.717, 1.165) is 29.4 Å². The molecule has 0 aliphatic rings. The van der Waals surface area contributed by atoms with Gasteiger partial charge in [-0.25, -0.2) is 17.5 Å². The monoisotopic (exact) mass is 506 g/mol. The lowest BCUT2D eigenvalue weighted by Gasteiger charge is -2.15. The molecular formula is C24H28ClFN4O3S. The lowest BCUT2D eigenvalue weighted by atomic mass is 9.92. The number of halogens is 2. The maximum atomic E-state index is 14.4. The Hall–Kier alpha value is -2.91. The minimum absolute atomic E-state index is 0.168. The average Bonchev–Trinajstić information content (AvgIpc) is 3.17. The lowest BCUT2D eigenvalue weighted by Crippen LogP contribution is -2.28. The molecule has 1 amide bonds. The molecule has 1 aromatic heterocycles. The SMILES string of the molecule is C[C@H](C(=O)NCc1cc(C(C)(C)C)nn1-c1cccc(Cl)c1)c1ccc(NS(C)(=O)=O)c(F)c1. The van der Waals surface area contributed by atoms with Gasteiger partial charge in [0.15, 0.2) is 0 Å². The molecule has 182 valence electrons. The molecule has 34 heavy (non-hydrogen) atoms. The maximum Gasteiger partial charge on any atom is 0.229 e. The highest BCUT2D eigenvalue weighted by Gasteiger charge is 2.22. The molecule has 1 atom stereocenters. The van der Waals surface area contributed by atoms with Crippen molar-refractivity contribution in [3.8, 4) is 5.69 Å². The second kappa shape index (κ2) is 9.76. The Morgan fingerprint density at radius 3 is 2.47 bits per heavy atom. The van der Waals surface area contributed by atoms with Gasteiger partial charge in [0, 0.05) is 10.4 Å². The molecule has 0 saturated carbocycles. The first-order chi connectivity index (χ1) is 15.7. The third kappa shape index (κ3) is 6.36. The highest BCUT2D eigenvalue weighted by molar-refractivity contribution is 7.92. The van der Waals surface area contributed by atoms with Crippen LogP contribution < -0.4 is 10.0 Å². The van der Waals surface area contributed by atoms with Gasteiger partial charge >= 0.3 is 0 Å². The van der Waals surface area contributed by atoms with Crippen LogP contribution in [0.15, 0.2) is 48.5 Å². The first-order valence-corrected chi connectivity index (χ1v) is 12.9. The molecule has 7 nitrogen and oxygen atoms in total. The van der Waals surface area contributed by atoms with Crippen molar-refractivity contribution in [2.75, 3.05) is 11.0 Å². The fraction of sp³-hybridized carbons (Fsp3) is 0.333. The van der Waals surface area contributed by atoms with Gasteiger partial charge in [-0.2, -0.15) is 5.10 Å². The Labute approximate surface area is 204 Å². The number of nitrogens with zero attached hydrogens (tertiary/aromatic N) is 2. The number of nitrogens with one attached hydrogen (secondary N) is 2. The Balaban J connectivity index is 1.80. The second-order valence-electron chi connectivity index (χ2n) is 9.22. The highest BCUT2D eigenvalue weighted by atomic mass is 35.5. The van der Waals surface area contributed by atoms with Crippen LogP contribution in [0.3, 0.4) is 0 Å². The van der Waals surface area contributed by atoms with Crippen molar-refractivity contribution in [2.45, 2.75) is 45.6 Å². The second-order valence-corrected chi connectivity index (χ2v) is 11.4. The van der Waals surface area contributed by atoms with Gasteiger partial charge in [-0.15, -0.1) is 0 Å². The summed E-state index contributed by atoms with van der Waals surface area (Å²) in [6.45, 7) is 8.02. The number of benzene rings is 2. The Morgan fingerprint density at radius 1 is 1.18 bits per heavy atom. The number of carbonyl (C=O) groups is 1. The van der Waals surface area contributed by atoms with Crippen molar-refractivity contribution in [1.82, 2.24) is 15.1 Å². The van der Waals surface area contributed by atoms with Crippen LogP contribution in [-0.2, 0) is 26.8 Å². The van der Waals surface area contributed by atoms with Crippen LogP contribution in [0.1, 0.15) is 50.6 Å². The van der Waals surface area contributed by atoms with E-state index in [4.69, 9.17) is 16.7 Å². The molecule has 0 aliphatic carbocycles. The van der Waals surface area contributed by atoms with Crippen LogP contribution in [0.5, 0.6) is 0 Å². The number of aromatic nitrogens is 2. The summed E-state index contributed by atoms with van der Waals surface area (Å²) in [5.74, 6) is -1.72. The van der Waals surface area contributed by atoms with Crippen LogP contribution in [0.4, 0.5) is 10.1 Å². The van der Waals surface area contributed by atoms with Gasteiger partial charge in [0.25, 0.3) is 0 Å². The number of amides is 1. The van der Waals surface area contributed by atoms with Crippen molar-refractivity contribution in [3.05, 3.63) is 76.3 Å². The molecule has 0 saturated heterocycles. The summed E-state index contributed by atoms with van der Waals surface area (Å²) < 4.78 is 40.9. The first kappa shape index (κ1) is 25.7. The van der Waals surface area contributed by atoms with Crippen LogP contribution in [-0.4, -0.2) is 30.4 Å². The Kier molecular flexibility index (Phi) is 7.38. The molecule has 0 unspecified atom stereocenters. The third-order valence-electron chi connectivity index (χ3n) is 5.23. The summed E-state index contributed by atoms with van der Waals surface area (Å²) in [6.07, 6.45) is 0.940. The molecule has 3 rings (SSSR count). The number of hydrogen-bond donors (Lipinski definition) is 2. The van der Waals surface area contributed by atoms with E-state index in [1.54, 1.807) is 23.7 Å². The standard InChI is InChI=1S/C24H28ClFN4O3S/c1-15(16-9-10-21(20(26)11-16)29-34(5,32)33)23(31)27-14-19-13-22(24(2,3)4)28-30(19)18-8-6-7-17(25)12-18/h6-13,15,29H,14H2,1-5H3,(H,27,31)/t15-/m0/s1. The first-order valence-electron chi connectivity index (χ1n) is 10.6. The largest absolute Gasteiger partial charge is 0.350 e. The molecule has 1 heterocycles. The lowest BCUT2D eigenvalue weighted by molar-refractivity contribution is -0.122. The number of anilines is 1. The van der Waals surface area contributed by atoms with Crippen molar-refractivity contribution < 1.29 is 17.6 Å². The summed E-state index contributed by atoms with van der Waals surface area (Å²) in [5, 5.41) is 8.19. The van der Waals surface area contributed by atoms with Gasteiger partial charge in [0.05, 0.1) is 41.5 Å². The number of hydrogen-bond acceptors (Lipinski definition) is 4. The van der Waals surface area contributed by atoms with Gasteiger partial charge in [0.1, 0.15) is 5.82 Å². The van der Waals surface area contributed by atoms with Crippen LogP contribution >= 0.6 is 11.6 Å². The molecule has 0 bridgehead atoms. The van der Waals surface area contributed by atoms with E-state index in [9.17, 15) is 17.6 Å². The van der Waals surface area contributed by atoms with Gasteiger partial charge in [-0.1, -0.05) is 44.5 Å². The molecule has 2 N–H and O–H groups in total. The van der Waals surface area contributed by atoms with E-state index in [2.05, 4.69) is 30.8 Å². The maximum absolute atomic E-state index is 14.4. The summed E-state index contributed by atoms with van der Waals surface area (Å²) in [4.78, 5) is 12.9. The van der Waals surface area contributed by atoms with Gasteiger partial charge in [-0.3, -0.25) is 9.52 Å². The van der Waals surface area contributed by atoms with Gasteiger partial charge in [-0.05, 0) is 48.9 Å². The summed E-state index contributed by atoms with van der Waals surface area (Å²) in [6, 6.07) is 13.2. The molecule has 10 heteroatoms.